The zero-order valence-corrected chi connectivity index (χ0v) is 16.1. The van der Waals surface area contributed by atoms with Gasteiger partial charge in [0.15, 0.2) is 5.13 Å². The number of rotatable bonds is 6. The van der Waals surface area contributed by atoms with Crippen LogP contribution in [-0.4, -0.2) is 20.9 Å². The second kappa shape index (κ2) is 8.32. The Balaban J connectivity index is 1.34. The van der Waals surface area contributed by atoms with Gasteiger partial charge in [0.05, 0.1) is 16.6 Å². The lowest BCUT2D eigenvalue weighted by Gasteiger charge is -2.04. The summed E-state index contributed by atoms with van der Waals surface area (Å²) in [6, 6.07) is 13.5. The number of aromatic amines is 1. The number of fused-ring (bicyclic) bond motifs is 1. The normalized spacial score (nSPS) is 10.9. The summed E-state index contributed by atoms with van der Waals surface area (Å²) in [5.41, 5.74) is 1.34. The van der Waals surface area contributed by atoms with Crippen molar-refractivity contribution in [3.63, 3.8) is 0 Å². The highest BCUT2D eigenvalue weighted by Crippen LogP contribution is 2.26. The summed E-state index contributed by atoms with van der Waals surface area (Å²) in [6.45, 7) is 0. The highest BCUT2D eigenvalue weighted by molar-refractivity contribution is 7.14. The molecule has 29 heavy (non-hydrogen) atoms. The fraction of sp³-hybridized carbons (Fsp3) is 0.143. The summed E-state index contributed by atoms with van der Waals surface area (Å²) in [7, 11) is 0. The lowest BCUT2D eigenvalue weighted by molar-refractivity contribution is -0.116. The maximum absolute atomic E-state index is 13.8. The highest BCUT2D eigenvalue weighted by atomic mass is 32.1. The second-order valence-corrected chi connectivity index (χ2v) is 7.31. The Morgan fingerprint density at radius 2 is 1.90 bits per heavy atom. The van der Waals surface area contributed by atoms with Crippen LogP contribution < -0.4 is 10.9 Å². The lowest BCUT2D eigenvalue weighted by Crippen LogP contribution is -2.14. The summed E-state index contributed by atoms with van der Waals surface area (Å²) < 4.78 is 13.8. The molecule has 0 atom stereocenters. The molecule has 0 saturated heterocycles. The molecule has 0 aliphatic carbocycles. The first-order chi connectivity index (χ1) is 14.1. The third-order valence-electron chi connectivity index (χ3n) is 4.38. The molecule has 0 spiro atoms. The molecular formula is C21H17FN4O2S. The van der Waals surface area contributed by atoms with Gasteiger partial charge in [0, 0.05) is 23.8 Å². The predicted molar refractivity (Wildman–Crippen MR) is 111 cm³/mol. The highest BCUT2D eigenvalue weighted by Gasteiger charge is 2.11. The number of nitrogens with one attached hydrogen (secondary N) is 2. The van der Waals surface area contributed by atoms with Crippen LogP contribution in [0.25, 0.3) is 22.2 Å². The second-order valence-electron chi connectivity index (χ2n) is 6.45. The van der Waals surface area contributed by atoms with Crippen LogP contribution in [0, 0.1) is 5.82 Å². The molecule has 2 heterocycles. The number of halogens is 1. The number of benzene rings is 2. The molecule has 1 amide bonds. The zero-order valence-electron chi connectivity index (χ0n) is 15.3. The summed E-state index contributed by atoms with van der Waals surface area (Å²) in [5.74, 6) is 0.00714. The monoisotopic (exact) mass is 408 g/mol. The third-order valence-corrected chi connectivity index (χ3v) is 5.14. The molecule has 2 aromatic heterocycles. The SMILES string of the molecule is O=C(CCCc1nc2ccccc2c(=O)[nH]1)Nc1nc(-c2ccccc2F)cs1. The van der Waals surface area contributed by atoms with Crippen LogP contribution in [0.3, 0.4) is 0 Å². The van der Waals surface area contributed by atoms with Crippen molar-refractivity contribution in [2.45, 2.75) is 19.3 Å². The van der Waals surface area contributed by atoms with Crippen molar-refractivity contribution in [3.8, 4) is 11.3 Å². The molecule has 0 saturated carbocycles. The molecule has 2 N–H and O–H groups in total. The van der Waals surface area contributed by atoms with Crippen LogP contribution in [0.2, 0.25) is 0 Å². The molecule has 0 unspecified atom stereocenters. The van der Waals surface area contributed by atoms with E-state index in [1.807, 2.05) is 6.07 Å². The van der Waals surface area contributed by atoms with Gasteiger partial charge in [0.2, 0.25) is 5.91 Å². The third kappa shape index (κ3) is 4.38. The Bertz CT molecular complexity index is 1230. The Morgan fingerprint density at radius 3 is 2.76 bits per heavy atom. The van der Waals surface area contributed by atoms with Gasteiger partial charge in [0.25, 0.3) is 5.56 Å². The number of para-hydroxylation sites is 1. The number of carbonyl (C=O) groups excluding carboxylic acids is 1. The average Bonchev–Trinajstić information content (AvgIpc) is 3.16. The van der Waals surface area contributed by atoms with Crippen molar-refractivity contribution in [1.82, 2.24) is 15.0 Å². The minimum absolute atomic E-state index is 0.182. The number of aromatic nitrogens is 3. The molecule has 2 aromatic carbocycles. The predicted octanol–water partition coefficient (Wildman–Crippen LogP) is 4.15. The number of aryl methyl sites for hydroxylation is 1. The van der Waals surface area contributed by atoms with Crippen LogP contribution in [-0.2, 0) is 11.2 Å². The first-order valence-corrected chi connectivity index (χ1v) is 9.96. The Labute approximate surface area is 169 Å². The minimum Gasteiger partial charge on any atom is -0.310 e. The quantitative estimate of drug-likeness (QED) is 0.502. The van der Waals surface area contributed by atoms with Gasteiger partial charge in [0.1, 0.15) is 11.6 Å². The molecule has 0 fully saturated rings. The number of hydrogen-bond acceptors (Lipinski definition) is 5. The van der Waals surface area contributed by atoms with Crippen LogP contribution >= 0.6 is 11.3 Å². The molecular weight excluding hydrogens is 391 g/mol. The van der Waals surface area contributed by atoms with Gasteiger partial charge < -0.3 is 10.3 Å². The van der Waals surface area contributed by atoms with Crippen molar-refractivity contribution in [2.24, 2.45) is 0 Å². The number of amides is 1. The van der Waals surface area contributed by atoms with Gasteiger partial charge in [-0.2, -0.15) is 0 Å². The molecule has 4 aromatic rings. The number of hydrogen-bond donors (Lipinski definition) is 2. The molecule has 0 aliphatic heterocycles. The summed E-state index contributed by atoms with van der Waals surface area (Å²) in [6.07, 6.45) is 1.26. The zero-order chi connectivity index (χ0) is 20.2. The first-order valence-electron chi connectivity index (χ1n) is 9.08. The summed E-state index contributed by atoms with van der Waals surface area (Å²) >= 11 is 1.25. The molecule has 0 bridgehead atoms. The van der Waals surface area contributed by atoms with Crippen LogP contribution in [0.15, 0.2) is 58.7 Å². The van der Waals surface area contributed by atoms with Crippen molar-refractivity contribution in [2.75, 3.05) is 5.32 Å². The number of nitrogens with zero attached hydrogens (tertiary/aromatic N) is 2. The van der Waals surface area contributed by atoms with Crippen molar-refractivity contribution >= 4 is 33.3 Å². The summed E-state index contributed by atoms with van der Waals surface area (Å²) in [4.78, 5) is 35.7. The van der Waals surface area contributed by atoms with Gasteiger partial charge in [-0.1, -0.05) is 24.3 Å². The smallest absolute Gasteiger partial charge is 0.258 e. The Morgan fingerprint density at radius 1 is 1.10 bits per heavy atom. The first kappa shape index (κ1) is 18.9. The Kier molecular flexibility index (Phi) is 5.44. The van der Waals surface area contributed by atoms with E-state index in [1.165, 1.54) is 17.4 Å². The van der Waals surface area contributed by atoms with Gasteiger partial charge in [-0.25, -0.2) is 14.4 Å². The van der Waals surface area contributed by atoms with Crippen molar-refractivity contribution in [3.05, 3.63) is 75.9 Å². The van der Waals surface area contributed by atoms with E-state index in [9.17, 15) is 14.0 Å². The van der Waals surface area contributed by atoms with Crippen molar-refractivity contribution < 1.29 is 9.18 Å². The van der Waals surface area contributed by atoms with Crippen LogP contribution in [0.5, 0.6) is 0 Å². The number of anilines is 1. The van der Waals surface area contributed by atoms with E-state index < -0.39 is 0 Å². The standard InChI is InChI=1S/C21H17FN4O2S/c22-15-8-3-1-6-13(15)17-12-29-21(24-17)26-19(27)11-5-10-18-23-16-9-4-2-7-14(16)20(28)25-18/h1-4,6-9,12H,5,10-11H2,(H,23,25,28)(H,24,26,27). The molecule has 0 aliphatic rings. The maximum atomic E-state index is 13.8. The topological polar surface area (TPSA) is 87.7 Å². The molecule has 0 radical (unpaired) electrons. The van der Waals surface area contributed by atoms with Crippen LogP contribution in [0.1, 0.15) is 18.7 Å². The fourth-order valence-electron chi connectivity index (χ4n) is 2.98. The van der Waals surface area contributed by atoms with Gasteiger partial charge in [-0.15, -0.1) is 11.3 Å². The number of thiazole rings is 1. The van der Waals surface area contributed by atoms with E-state index >= 15 is 0 Å². The largest absolute Gasteiger partial charge is 0.310 e. The lowest BCUT2D eigenvalue weighted by atomic mass is 10.2. The van der Waals surface area contributed by atoms with E-state index in [0.717, 1.165) is 0 Å². The van der Waals surface area contributed by atoms with Gasteiger partial charge in [-0.05, 0) is 30.7 Å². The van der Waals surface area contributed by atoms with Crippen LogP contribution in [0.4, 0.5) is 9.52 Å². The van der Waals surface area contributed by atoms with Crippen molar-refractivity contribution in [1.29, 1.82) is 0 Å². The van der Waals surface area contributed by atoms with E-state index in [4.69, 9.17) is 0 Å². The van der Waals surface area contributed by atoms with Gasteiger partial charge >= 0.3 is 0 Å². The number of carbonyl (C=O) groups is 1. The van der Waals surface area contributed by atoms with Gasteiger partial charge in [-0.3, -0.25) is 9.59 Å². The van der Waals surface area contributed by atoms with E-state index in [2.05, 4.69) is 20.3 Å². The van der Waals surface area contributed by atoms with E-state index in [0.29, 0.717) is 46.0 Å². The molecule has 4 rings (SSSR count). The average molecular weight is 408 g/mol. The minimum atomic E-state index is -0.354. The Hall–Kier alpha value is -3.39. The van der Waals surface area contributed by atoms with E-state index in [-0.39, 0.29) is 23.7 Å². The van der Waals surface area contributed by atoms with E-state index in [1.54, 1.807) is 41.8 Å². The summed E-state index contributed by atoms with van der Waals surface area (Å²) in [5, 5.41) is 5.41. The molecule has 8 heteroatoms. The fourth-order valence-corrected chi connectivity index (χ4v) is 3.70. The molecule has 6 nitrogen and oxygen atoms in total. The maximum Gasteiger partial charge on any atom is 0.258 e. The molecule has 146 valence electrons. The number of H-pyrrole nitrogens is 1.